The van der Waals surface area contributed by atoms with Crippen molar-refractivity contribution >= 4 is 21.5 Å². The van der Waals surface area contributed by atoms with Crippen molar-refractivity contribution in [1.29, 1.82) is 0 Å². The Kier molecular flexibility index (Phi) is 5.68. The Hall–Kier alpha value is -2.47. The van der Waals surface area contributed by atoms with Gasteiger partial charge in [0.15, 0.2) is 15.6 Å². The van der Waals surface area contributed by atoms with Gasteiger partial charge in [-0.15, -0.1) is 0 Å². The zero-order valence-corrected chi connectivity index (χ0v) is 19.8. The van der Waals surface area contributed by atoms with Gasteiger partial charge in [-0.1, -0.05) is 48.5 Å². The van der Waals surface area contributed by atoms with Crippen LogP contribution in [0.3, 0.4) is 0 Å². The van der Waals surface area contributed by atoms with Crippen LogP contribution >= 0.6 is 0 Å². The number of hydrogen-bond acceptors (Lipinski definition) is 4. The van der Waals surface area contributed by atoms with E-state index in [2.05, 4.69) is 5.32 Å². The van der Waals surface area contributed by atoms with Crippen molar-refractivity contribution in [1.82, 2.24) is 5.32 Å². The minimum absolute atomic E-state index is 0.0710. The van der Waals surface area contributed by atoms with Crippen molar-refractivity contribution in [3.8, 4) is 0 Å². The molecule has 1 N–H and O–H groups in total. The van der Waals surface area contributed by atoms with Gasteiger partial charge in [-0.2, -0.15) is 0 Å². The second-order valence-electron chi connectivity index (χ2n) is 10.5. The number of sulfone groups is 1. The molecule has 0 heterocycles. The molecule has 5 nitrogen and oxygen atoms in total. The molecule has 0 aromatic heterocycles. The molecule has 0 aliphatic heterocycles. The lowest BCUT2D eigenvalue weighted by atomic mass is 9.49. The summed E-state index contributed by atoms with van der Waals surface area (Å²) >= 11 is 0. The van der Waals surface area contributed by atoms with Crippen molar-refractivity contribution < 1.29 is 18.0 Å². The molecule has 33 heavy (non-hydrogen) atoms. The lowest BCUT2D eigenvalue weighted by Crippen LogP contribution is -2.53. The summed E-state index contributed by atoms with van der Waals surface area (Å²) in [5, 5.41) is 3.16. The first-order valence-corrected chi connectivity index (χ1v) is 13.6. The zero-order chi connectivity index (χ0) is 23.2. The SMILES string of the molecule is C[C@@H](NC(=O)C12CC3CC(CC(C3)C1)C2)c1ccccc1S(=O)(=O)CC(=O)c1ccccc1. The minimum Gasteiger partial charge on any atom is -0.349 e. The lowest BCUT2D eigenvalue weighted by molar-refractivity contribution is -0.147. The van der Waals surface area contributed by atoms with E-state index in [1.165, 1.54) is 25.3 Å². The number of carbonyl (C=O) groups excluding carboxylic acids is 2. The largest absolute Gasteiger partial charge is 0.349 e. The third kappa shape index (κ3) is 4.25. The van der Waals surface area contributed by atoms with Gasteiger partial charge in [0.1, 0.15) is 5.75 Å². The summed E-state index contributed by atoms with van der Waals surface area (Å²) in [4.78, 5) is 26.2. The first kappa shape index (κ1) is 22.3. The molecule has 1 amide bonds. The fourth-order valence-corrected chi connectivity index (χ4v) is 8.45. The molecule has 0 saturated heterocycles. The van der Waals surface area contributed by atoms with Gasteiger partial charge in [-0.3, -0.25) is 9.59 Å². The van der Waals surface area contributed by atoms with Gasteiger partial charge in [0.05, 0.1) is 10.9 Å². The summed E-state index contributed by atoms with van der Waals surface area (Å²) in [6.45, 7) is 1.84. The van der Waals surface area contributed by atoms with E-state index in [0.29, 0.717) is 28.9 Å². The number of nitrogens with one attached hydrogen (secondary N) is 1. The lowest BCUT2D eigenvalue weighted by Gasteiger charge is -2.55. The Morgan fingerprint density at radius 1 is 0.909 bits per heavy atom. The number of Topliss-reactive ketones (excluding diaryl/α,β-unsaturated/α-hetero) is 1. The molecule has 4 bridgehead atoms. The molecule has 0 unspecified atom stereocenters. The van der Waals surface area contributed by atoms with Crippen molar-refractivity contribution in [3.05, 3.63) is 65.7 Å². The molecule has 0 radical (unpaired) electrons. The summed E-state index contributed by atoms with van der Waals surface area (Å²) in [6.07, 6.45) is 6.67. The van der Waals surface area contributed by atoms with Crippen LogP contribution in [-0.2, 0) is 14.6 Å². The van der Waals surface area contributed by atoms with Crippen LogP contribution in [0.25, 0.3) is 0 Å². The maximum atomic E-state index is 13.5. The predicted octanol–water partition coefficient (Wildman–Crippen LogP) is 4.74. The first-order chi connectivity index (χ1) is 15.8. The zero-order valence-electron chi connectivity index (χ0n) is 19.0. The Balaban J connectivity index is 1.35. The molecular weight excluding hydrogens is 434 g/mol. The van der Waals surface area contributed by atoms with Gasteiger partial charge in [0, 0.05) is 11.0 Å². The van der Waals surface area contributed by atoms with Crippen molar-refractivity contribution in [2.75, 3.05) is 5.75 Å². The van der Waals surface area contributed by atoms with Crippen molar-refractivity contribution in [2.24, 2.45) is 23.2 Å². The standard InChI is InChI=1S/C27H31NO4S/c1-18(28-26(30)27-14-19-11-20(15-27)13-21(12-19)16-27)23-9-5-6-10-25(23)33(31,32)17-24(29)22-7-3-2-4-8-22/h2-10,18-21H,11-17H2,1H3,(H,28,30)/t18-,19?,20?,21?,27?/m1/s1. The average Bonchev–Trinajstić information content (AvgIpc) is 2.78. The van der Waals surface area contributed by atoms with E-state index in [-0.39, 0.29) is 16.2 Å². The highest BCUT2D eigenvalue weighted by atomic mass is 32.2. The molecule has 4 saturated carbocycles. The van der Waals surface area contributed by atoms with Gasteiger partial charge >= 0.3 is 0 Å². The number of benzene rings is 2. The molecule has 4 fully saturated rings. The predicted molar refractivity (Wildman–Crippen MR) is 126 cm³/mol. The van der Waals surface area contributed by atoms with E-state index in [0.717, 1.165) is 19.3 Å². The summed E-state index contributed by atoms with van der Waals surface area (Å²) in [7, 11) is -3.86. The summed E-state index contributed by atoms with van der Waals surface area (Å²) < 4.78 is 26.4. The molecule has 1 atom stereocenters. The minimum atomic E-state index is -3.86. The Labute approximate surface area is 195 Å². The number of rotatable bonds is 7. The molecule has 0 spiro atoms. The van der Waals surface area contributed by atoms with E-state index >= 15 is 0 Å². The van der Waals surface area contributed by atoms with Crippen molar-refractivity contribution in [2.45, 2.75) is 56.4 Å². The average molecular weight is 466 g/mol. The van der Waals surface area contributed by atoms with Gasteiger partial charge in [-0.25, -0.2) is 8.42 Å². The van der Waals surface area contributed by atoms with Crippen LogP contribution in [0.5, 0.6) is 0 Å². The van der Waals surface area contributed by atoms with Crippen LogP contribution in [0, 0.1) is 23.2 Å². The van der Waals surface area contributed by atoms with E-state index < -0.39 is 27.4 Å². The Bertz CT molecular complexity index is 1140. The monoisotopic (exact) mass is 465 g/mol. The first-order valence-electron chi connectivity index (χ1n) is 12.0. The van der Waals surface area contributed by atoms with Crippen LogP contribution in [0.2, 0.25) is 0 Å². The summed E-state index contributed by atoms with van der Waals surface area (Å²) in [5.74, 6) is 1.03. The number of hydrogen-bond donors (Lipinski definition) is 1. The van der Waals surface area contributed by atoms with Gasteiger partial charge in [0.25, 0.3) is 0 Å². The highest BCUT2D eigenvalue weighted by Gasteiger charge is 2.54. The number of ketones is 1. The normalized spacial score (nSPS) is 28.9. The quantitative estimate of drug-likeness (QED) is 0.599. The summed E-state index contributed by atoms with van der Waals surface area (Å²) in [6, 6.07) is 14.7. The fraction of sp³-hybridized carbons (Fsp3) is 0.481. The van der Waals surface area contributed by atoms with Crippen LogP contribution in [0.1, 0.15) is 67.4 Å². The molecule has 2 aromatic rings. The van der Waals surface area contributed by atoms with Crippen LogP contribution in [0.4, 0.5) is 0 Å². The Morgan fingerprint density at radius 2 is 1.45 bits per heavy atom. The van der Waals surface area contributed by atoms with Crippen LogP contribution in [0.15, 0.2) is 59.5 Å². The topological polar surface area (TPSA) is 80.3 Å². The fourth-order valence-electron chi connectivity index (χ4n) is 6.90. The number of carbonyl (C=O) groups is 2. The third-order valence-corrected chi connectivity index (χ3v) is 9.69. The van der Waals surface area contributed by atoms with Crippen LogP contribution in [-0.4, -0.2) is 25.9 Å². The smallest absolute Gasteiger partial charge is 0.226 e. The molecule has 174 valence electrons. The van der Waals surface area contributed by atoms with Gasteiger partial charge in [-0.05, 0) is 74.8 Å². The molecule has 4 aliphatic carbocycles. The number of amides is 1. The van der Waals surface area contributed by atoms with E-state index in [9.17, 15) is 18.0 Å². The molecular formula is C27H31NO4S. The second-order valence-corrected chi connectivity index (χ2v) is 12.4. The van der Waals surface area contributed by atoms with Gasteiger partial charge < -0.3 is 5.32 Å². The maximum Gasteiger partial charge on any atom is 0.226 e. The molecule has 4 aliphatic rings. The highest BCUT2D eigenvalue weighted by molar-refractivity contribution is 7.92. The van der Waals surface area contributed by atoms with Gasteiger partial charge in [0.2, 0.25) is 5.91 Å². The highest BCUT2D eigenvalue weighted by Crippen LogP contribution is 2.60. The van der Waals surface area contributed by atoms with E-state index in [1.54, 1.807) is 48.5 Å². The second kappa shape index (κ2) is 8.39. The molecule has 6 rings (SSSR count). The third-order valence-electron chi connectivity index (χ3n) is 8.00. The summed E-state index contributed by atoms with van der Waals surface area (Å²) in [5.41, 5.74) is 0.623. The van der Waals surface area contributed by atoms with Crippen molar-refractivity contribution in [3.63, 3.8) is 0 Å². The Morgan fingerprint density at radius 3 is 2.06 bits per heavy atom. The maximum absolute atomic E-state index is 13.5. The molecule has 6 heteroatoms. The van der Waals surface area contributed by atoms with Crippen LogP contribution < -0.4 is 5.32 Å². The van der Waals surface area contributed by atoms with E-state index in [4.69, 9.17) is 0 Å². The molecule has 2 aromatic carbocycles. The van der Waals surface area contributed by atoms with E-state index in [1.807, 2.05) is 6.92 Å².